The second kappa shape index (κ2) is 11.5. The van der Waals surface area contributed by atoms with Crippen LogP contribution in [0.25, 0.3) is 16.9 Å². The lowest BCUT2D eigenvalue weighted by atomic mass is 10.1. The molecule has 1 N–H and O–H groups in total. The number of rotatable bonds is 10. The molecule has 4 aromatic rings. The van der Waals surface area contributed by atoms with Gasteiger partial charge in [0.2, 0.25) is 11.9 Å². The van der Waals surface area contributed by atoms with E-state index in [1.165, 1.54) is 11.2 Å². The number of imidazole rings is 1. The molecule has 192 valence electrons. The molecule has 0 fully saturated rings. The third-order valence-corrected chi connectivity index (χ3v) is 5.61. The van der Waals surface area contributed by atoms with Crippen molar-refractivity contribution in [1.82, 2.24) is 14.5 Å². The molecule has 4 rings (SSSR count). The molecule has 0 aliphatic carbocycles. The fourth-order valence-corrected chi connectivity index (χ4v) is 3.88. The summed E-state index contributed by atoms with van der Waals surface area (Å²) in [7, 11) is 3.21. The van der Waals surface area contributed by atoms with E-state index >= 15 is 0 Å². The number of ether oxygens (including phenoxy) is 2. The molecule has 0 spiro atoms. The molecule has 37 heavy (non-hydrogen) atoms. The van der Waals surface area contributed by atoms with Crippen molar-refractivity contribution in [2.45, 2.75) is 13.8 Å². The van der Waals surface area contributed by atoms with Gasteiger partial charge in [0.05, 0.1) is 26.2 Å². The molecule has 2 amide bonds. The molecule has 9 heteroatoms. The molecule has 0 saturated carbocycles. The van der Waals surface area contributed by atoms with E-state index in [1.807, 2.05) is 68.6 Å². The van der Waals surface area contributed by atoms with Crippen LogP contribution in [-0.4, -0.2) is 53.6 Å². The Labute approximate surface area is 215 Å². The number of aromatic nitrogens is 2. The Morgan fingerprint density at radius 3 is 2.43 bits per heavy atom. The molecule has 2 heterocycles. The monoisotopic (exact) mass is 502 g/mol. The van der Waals surface area contributed by atoms with Gasteiger partial charge < -0.3 is 18.8 Å². The Hall–Kier alpha value is -4.53. The molecule has 0 bridgehead atoms. The van der Waals surface area contributed by atoms with Gasteiger partial charge in [-0.2, -0.15) is 0 Å². The van der Waals surface area contributed by atoms with Gasteiger partial charge >= 0.3 is 0 Å². The number of benzene rings is 2. The van der Waals surface area contributed by atoms with Crippen molar-refractivity contribution in [1.29, 1.82) is 0 Å². The van der Waals surface area contributed by atoms with Gasteiger partial charge in [0.15, 0.2) is 5.76 Å². The number of anilines is 1. The minimum absolute atomic E-state index is 0.151. The molecule has 0 aliphatic heterocycles. The minimum atomic E-state index is -0.377. The van der Waals surface area contributed by atoms with Crippen LogP contribution in [0.2, 0.25) is 0 Å². The fourth-order valence-electron chi connectivity index (χ4n) is 3.88. The van der Waals surface area contributed by atoms with Crippen molar-refractivity contribution in [2.24, 2.45) is 5.92 Å². The molecule has 0 radical (unpaired) electrons. The first-order valence-corrected chi connectivity index (χ1v) is 11.9. The number of amides is 2. The van der Waals surface area contributed by atoms with E-state index < -0.39 is 0 Å². The Kier molecular flexibility index (Phi) is 7.92. The van der Waals surface area contributed by atoms with Crippen molar-refractivity contribution in [3.8, 4) is 28.4 Å². The third kappa shape index (κ3) is 6.19. The highest BCUT2D eigenvalue weighted by Crippen LogP contribution is 2.27. The van der Waals surface area contributed by atoms with Gasteiger partial charge in [-0.1, -0.05) is 26.0 Å². The number of furan rings is 1. The third-order valence-electron chi connectivity index (χ3n) is 5.61. The Balaban J connectivity index is 1.64. The number of hydrogen-bond acceptors (Lipinski definition) is 6. The van der Waals surface area contributed by atoms with Gasteiger partial charge in [-0.25, -0.2) is 4.98 Å². The molecule has 0 atom stereocenters. The smallest absolute Gasteiger partial charge is 0.290 e. The predicted molar refractivity (Wildman–Crippen MR) is 140 cm³/mol. The lowest BCUT2D eigenvalue weighted by Crippen LogP contribution is -2.40. The molecule has 0 aliphatic rings. The highest BCUT2D eigenvalue weighted by atomic mass is 16.5. The van der Waals surface area contributed by atoms with Crippen LogP contribution in [0.4, 0.5) is 5.95 Å². The molecular weight excluding hydrogens is 472 g/mol. The van der Waals surface area contributed by atoms with Gasteiger partial charge in [0, 0.05) is 24.0 Å². The minimum Gasteiger partial charge on any atom is -0.497 e. The topological polar surface area (TPSA) is 98.8 Å². The summed E-state index contributed by atoms with van der Waals surface area (Å²) in [6.45, 7) is 4.21. The maximum atomic E-state index is 13.2. The number of methoxy groups -OCH3 is 2. The molecule has 9 nitrogen and oxygen atoms in total. The zero-order valence-corrected chi connectivity index (χ0v) is 21.3. The van der Waals surface area contributed by atoms with Crippen molar-refractivity contribution < 1.29 is 23.5 Å². The van der Waals surface area contributed by atoms with E-state index in [9.17, 15) is 9.59 Å². The van der Waals surface area contributed by atoms with E-state index in [-0.39, 0.29) is 30.0 Å². The number of hydrogen-bond donors (Lipinski definition) is 1. The second-order valence-corrected chi connectivity index (χ2v) is 8.85. The van der Waals surface area contributed by atoms with Crippen molar-refractivity contribution in [3.05, 3.63) is 78.9 Å². The summed E-state index contributed by atoms with van der Waals surface area (Å²) in [5, 5.41) is 2.89. The summed E-state index contributed by atoms with van der Waals surface area (Å²) in [5.41, 5.74) is 2.26. The van der Waals surface area contributed by atoms with E-state index in [0.717, 1.165) is 11.3 Å². The average molecular weight is 503 g/mol. The van der Waals surface area contributed by atoms with Gasteiger partial charge in [-0.05, 0) is 54.4 Å². The lowest BCUT2D eigenvalue weighted by molar-refractivity contribution is -0.117. The maximum Gasteiger partial charge on any atom is 0.290 e. The van der Waals surface area contributed by atoms with Crippen LogP contribution >= 0.6 is 0 Å². The van der Waals surface area contributed by atoms with Crippen molar-refractivity contribution in [3.63, 3.8) is 0 Å². The van der Waals surface area contributed by atoms with E-state index in [0.29, 0.717) is 29.7 Å². The summed E-state index contributed by atoms with van der Waals surface area (Å²) in [5.74, 6) is 1.36. The van der Waals surface area contributed by atoms with Crippen LogP contribution in [0.15, 0.2) is 77.5 Å². The highest BCUT2D eigenvalue weighted by Gasteiger charge is 2.23. The van der Waals surface area contributed by atoms with Gasteiger partial charge in [-0.15, -0.1) is 0 Å². The van der Waals surface area contributed by atoms with Gasteiger partial charge in [0.1, 0.15) is 18.0 Å². The number of nitrogens with one attached hydrogen (secondary N) is 1. The number of nitrogens with zero attached hydrogens (tertiary/aromatic N) is 3. The molecule has 0 saturated heterocycles. The predicted octanol–water partition coefficient (Wildman–Crippen LogP) is 4.89. The van der Waals surface area contributed by atoms with Crippen LogP contribution in [-0.2, 0) is 4.79 Å². The van der Waals surface area contributed by atoms with Crippen LogP contribution in [0, 0.1) is 5.92 Å². The Morgan fingerprint density at radius 2 is 1.78 bits per heavy atom. The largest absolute Gasteiger partial charge is 0.497 e. The summed E-state index contributed by atoms with van der Waals surface area (Å²) in [4.78, 5) is 32.3. The quantitative estimate of drug-likeness (QED) is 0.332. The van der Waals surface area contributed by atoms with E-state index in [1.54, 1.807) is 30.9 Å². The van der Waals surface area contributed by atoms with Crippen molar-refractivity contribution in [2.75, 3.05) is 32.6 Å². The first-order chi connectivity index (χ1) is 17.9. The fraction of sp³-hybridized carbons (Fsp3) is 0.250. The standard InChI is InChI=1S/C28H30N4O5/c1-19(2)16-31(27(34)25-9-6-14-37-25)18-26(33)30-28-29-24(20-7-5-8-23(15-20)36-4)17-32(28)21-10-12-22(35-3)13-11-21/h5-15,17,19H,16,18H2,1-4H3,(H,29,30,33). The first kappa shape index (κ1) is 25.6. The maximum absolute atomic E-state index is 13.2. The van der Waals surface area contributed by atoms with Crippen LogP contribution in [0.3, 0.4) is 0 Å². The molecule has 0 unspecified atom stereocenters. The zero-order chi connectivity index (χ0) is 26.4. The molecule has 2 aromatic carbocycles. The highest BCUT2D eigenvalue weighted by molar-refractivity contribution is 5.97. The Bertz CT molecular complexity index is 1340. The zero-order valence-electron chi connectivity index (χ0n) is 21.3. The lowest BCUT2D eigenvalue weighted by Gasteiger charge is -2.23. The van der Waals surface area contributed by atoms with Crippen LogP contribution < -0.4 is 14.8 Å². The van der Waals surface area contributed by atoms with Crippen molar-refractivity contribution >= 4 is 17.8 Å². The summed E-state index contributed by atoms with van der Waals surface area (Å²) < 4.78 is 17.7. The Morgan fingerprint density at radius 1 is 1.03 bits per heavy atom. The molecule has 2 aromatic heterocycles. The number of carbonyl (C=O) groups excluding carboxylic acids is 2. The van der Waals surface area contributed by atoms with Crippen LogP contribution in [0.5, 0.6) is 11.5 Å². The molecular formula is C28H30N4O5. The van der Waals surface area contributed by atoms with E-state index in [4.69, 9.17) is 18.9 Å². The van der Waals surface area contributed by atoms with Gasteiger partial charge in [0.25, 0.3) is 5.91 Å². The summed E-state index contributed by atoms with van der Waals surface area (Å²) in [6, 6.07) is 18.2. The summed E-state index contributed by atoms with van der Waals surface area (Å²) >= 11 is 0. The van der Waals surface area contributed by atoms with Crippen LogP contribution in [0.1, 0.15) is 24.4 Å². The van der Waals surface area contributed by atoms with E-state index in [2.05, 4.69) is 5.32 Å². The number of carbonyl (C=O) groups is 2. The average Bonchev–Trinajstić information content (AvgIpc) is 3.58. The van der Waals surface area contributed by atoms with Gasteiger partial charge in [-0.3, -0.25) is 19.5 Å². The SMILES string of the molecule is COc1ccc(-n2cc(-c3cccc(OC)c3)nc2NC(=O)CN(CC(C)C)C(=O)c2ccco2)cc1. The normalized spacial score (nSPS) is 10.8. The summed E-state index contributed by atoms with van der Waals surface area (Å²) in [6.07, 6.45) is 3.28. The second-order valence-electron chi connectivity index (χ2n) is 8.85. The first-order valence-electron chi connectivity index (χ1n) is 11.9.